The summed E-state index contributed by atoms with van der Waals surface area (Å²) in [4.78, 5) is 14.2. The highest BCUT2D eigenvalue weighted by molar-refractivity contribution is 5.67. The lowest BCUT2D eigenvalue weighted by Gasteiger charge is -2.44. The van der Waals surface area contributed by atoms with Crippen LogP contribution in [-0.4, -0.2) is 35.1 Å². The average Bonchev–Trinajstić information content (AvgIpc) is 2.89. The van der Waals surface area contributed by atoms with Crippen LogP contribution in [-0.2, 0) is 11.0 Å². The maximum Gasteiger partial charge on any atom is 0.416 e. The highest BCUT2D eigenvalue weighted by atomic mass is 19.4. The van der Waals surface area contributed by atoms with Crippen molar-refractivity contribution in [2.24, 2.45) is 17.8 Å². The second-order valence-electron chi connectivity index (χ2n) is 12.2. The average molecular weight is 522 g/mol. The first-order chi connectivity index (χ1) is 17.8. The van der Waals surface area contributed by atoms with Crippen LogP contribution in [0, 0.1) is 17.8 Å². The van der Waals surface area contributed by atoms with Gasteiger partial charge in [-0.25, -0.2) is 0 Å². The first-order valence-electron chi connectivity index (χ1n) is 14.9. The van der Waals surface area contributed by atoms with Crippen molar-refractivity contribution < 1.29 is 23.1 Å². The minimum Gasteiger partial charge on any atom is -0.481 e. The SMILES string of the molecule is O=C(O)CC1CCC(N(CCC2CCCCC2)CCC2CCCCC2)C(c2ccc(C(F)(F)F)cc2)C1. The molecule has 1 aromatic carbocycles. The molecule has 3 aliphatic carbocycles. The Bertz CT molecular complexity index is 806. The number of carboxylic acid groups (broad SMARTS) is 1. The van der Waals surface area contributed by atoms with Crippen molar-refractivity contribution in [3.63, 3.8) is 0 Å². The van der Waals surface area contributed by atoms with E-state index < -0.39 is 17.7 Å². The maximum atomic E-state index is 13.3. The third kappa shape index (κ3) is 8.46. The molecule has 0 radical (unpaired) electrons. The molecule has 1 aromatic rings. The van der Waals surface area contributed by atoms with Crippen molar-refractivity contribution in [1.82, 2.24) is 4.90 Å². The van der Waals surface area contributed by atoms with E-state index in [1.807, 2.05) is 0 Å². The molecule has 0 bridgehead atoms. The van der Waals surface area contributed by atoms with Gasteiger partial charge in [0.1, 0.15) is 0 Å². The summed E-state index contributed by atoms with van der Waals surface area (Å²) in [5.41, 5.74) is 0.325. The number of nitrogens with zero attached hydrogens (tertiary/aromatic N) is 1. The molecule has 1 N–H and O–H groups in total. The summed E-state index contributed by atoms with van der Waals surface area (Å²) in [6.45, 7) is 2.12. The summed E-state index contributed by atoms with van der Waals surface area (Å²) in [6.07, 6.45) is 14.1. The van der Waals surface area contributed by atoms with E-state index in [-0.39, 0.29) is 24.3 Å². The number of benzene rings is 1. The van der Waals surface area contributed by atoms with Gasteiger partial charge in [0.15, 0.2) is 0 Å². The van der Waals surface area contributed by atoms with E-state index in [2.05, 4.69) is 4.90 Å². The fraction of sp³-hybridized carbons (Fsp3) is 0.774. The zero-order valence-corrected chi connectivity index (χ0v) is 22.4. The summed E-state index contributed by atoms with van der Waals surface area (Å²) in [6, 6.07) is 6.01. The molecule has 3 nitrogen and oxygen atoms in total. The maximum absolute atomic E-state index is 13.3. The summed E-state index contributed by atoms with van der Waals surface area (Å²) in [7, 11) is 0. The van der Waals surface area contributed by atoms with E-state index in [9.17, 15) is 23.1 Å². The smallest absolute Gasteiger partial charge is 0.416 e. The van der Waals surface area contributed by atoms with Gasteiger partial charge in [0.2, 0.25) is 0 Å². The van der Waals surface area contributed by atoms with Crippen molar-refractivity contribution in [1.29, 1.82) is 0 Å². The number of carboxylic acids is 1. The first kappa shape index (κ1) is 28.4. The lowest BCUT2D eigenvalue weighted by Crippen LogP contribution is -2.45. The third-order valence-corrected chi connectivity index (χ3v) is 9.62. The Morgan fingerprint density at radius 1 is 0.784 bits per heavy atom. The molecular formula is C31H46F3NO2. The van der Waals surface area contributed by atoms with E-state index in [0.29, 0.717) is 0 Å². The molecule has 208 valence electrons. The van der Waals surface area contributed by atoms with Crippen LogP contribution in [0.2, 0.25) is 0 Å². The number of hydrogen-bond acceptors (Lipinski definition) is 2. The molecule has 0 heterocycles. The van der Waals surface area contributed by atoms with Crippen LogP contribution in [0.3, 0.4) is 0 Å². The van der Waals surface area contributed by atoms with Crippen molar-refractivity contribution in [2.75, 3.05) is 13.1 Å². The Morgan fingerprint density at radius 3 is 1.81 bits per heavy atom. The molecular weight excluding hydrogens is 475 g/mol. The van der Waals surface area contributed by atoms with Crippen LogP contribution in [0.25, 0.3) is 0 Å². The van der Waals surface area contributed by atoms with Gasteiger partial charge in [-0.1, -0.05) is 76.3 Å². The molecule has 0 aliphatic heterocycles. The molecule has 4 rings (SSSR count). The summed E-state index contributed by atoms with van der Waals surface area (Å²) < 4.78 is 39.8. The van der Waals surface area contributed by atoms with E-state index in [4.69, 9.17) is 0 Å². The molecule has 3 atom stereocenters. The lowest BCUT2D eigenvalue weighted by atomic mass is 9.72. The molecule has 6 heteroatoms. The third-order valence-electron chi connectivity index (χ3n) is 9.62. The summed E-state index contributed by atoms with van der Waals surface area (Å²) >= 11 is 0. The van der Waals surface area contributed by atoms with Gasteiger partial charge >= 0.3 is 12.1 Å². The minimum atomic E-state index is -4.34. The van der Waals surface area contributed by atoms with E-state index in [1.165, 1.54) is 89.2 Å². The van der Waals surface area contributed by atoms with Gasteiger partial charge in [-0.05, 0) is 86.6 Å². The van der Waals surface area contributed by atoms with Crippen molar-refractivity contribution in [3.05, 3.63) is 35.4 Å². The number of alkyl halides is 3. The Labute approximate surface area is 221 Å². The van der Waals surface area contributed by atoms with Gasteiger partial charge in [0.05, 0.1) is 5.56 Å². The van der Waals surface area contributed by atoms with Gasteiger partial charge in [0.25, 0.3) is 0 Å². The van der Waals surface area contributed by atoms with Crippen LogP contribution in [0.5, 0.6) is 0 Å². The first-order valence-corrected chi connectivity index (χ1v) is 14.9. The lowest BCUT2D eigenvalue weighted by molar-refractivity contribution is -0.139. The number of hydrogen-bond donors (Lipinski definition) is 1. The van der Waals surface area contributed by atoms with Crippen molar-refractivity contribution in [3.8, 4) is 0 Å². The fourth-order valence-corrected chi connectivity index (χ4v) is 7.48. The predicted molar refractivity (Wildman–Crippen MR) is 142 cm³/mol. The molecule has 0 spiro atoms. The number of rotatable bonds is 10. The van der Waals surface area contributed by atoms with Gasteiger partial charge in [-0.3, -0.25) is 9.69 Å². The van der Waals surface area contributed by atoms with Crippen LogP contribution in [0.4, 0.5) is 13.2 Å². The van der Waals surface area contributed by atoms with Gasteiger partial charge in [-0.15, -0.1) is 0 Å². The minimum absolute atomic E-state index is 0.0816. The van der Waals surface area contributed by atoms with E-state index in [0.717, 1.165) is 49.8 Å². The van der Waals surface area contributed by atoms with Crippen LogP contribution < -0.4 is 0 Å². The largest absolute Gasteiger partial charge is 0.481 e. The quantitative estimate of drug-likeness (QED) is 0.335. The second-order valence-corrected chi connectivity index (χ2v) is 12.2. The Hall–Kier alpha value is -1.56. The molecule has 0 saturated heterocycles. The van der Waals surface area contributed by atoms with Gasteiger partial charge in [-0.2, -0.15) is 13.2 Å². The Kier molecular flexibility index (Phi) is 10.4. The molecule has 3 saturated carbocycles. The Balaban J connectivity index is 1.53. The normalized spacial score (nSPS) is 26.4. The predicted octanol–water partition coefficient (Wildman–Crippen LogP) is 8.68. The molecule has 3 fully saturated rings. The fourth-order valence-electron chi connectivity index (χ4n) is 7.48. The Morgan fingerprint density at radius 2 is 1.32 bits per heavy atom. The number of carbonyl (C=O) groups is 1. The standard InChI is InChI=1S/C31H46F3NO2/c32-31(33,34)27-14-12-26(13-15-27)28-21-25(22-30(36)37)11-16-29(28)35(19-17-23-7-3-1-4-8-23)20-18-24-9-5-2-6-10-24/h12-15,23-25,28-29H,1-11,16-22H2,(H,36,37). The molecule has 0 amide bonds. The highest BCUT2D eigenvalue weighted by Gasteiger charge is 2.37. The van der Waals surface area contributed by atoms with E-state index in [1.54, 1.807) is 12.1 Å². The topological polar surface area (TPSA) is 40.5 Å². The van der Waals surface area contributed by atoms with Crippen LogP contribution >= 0.6 is 0 Å². The number of aliphatic carboxylic acids is 1. The monoisotopic (exact) mass is 521 g/mol. The zero-order valence-electron chi connectivity index (χ0n) is 22.4. The van der Waals surface area contributed by atoms with Crippen LogP contribution in [0.15, 0.2) is 24.3 Å². The van der Waals surface area contributed by atoms with Gasteiger partial charge in [0, 0.05) is 12.5 Å². The highest BCUT2D eigenvalue weighted by Crippen LogP contribution is 2.42. The second kappa shape index (κ2) is 13.5. The summed E-state index contributed by atoms with van der Waals surface area (Å²) in [5.74, 6) is 0.969. The molecule has 0 aromatic heterocycles. The molecule has 3 aliphatic rings. The van der Waals surface area contributed by atoms with Gasteiger partial charge < -0.3 is 5.11 Å². The molecule has 37 heavy (non-hydrogen) atoms. The number of halogens is 3. The summed E-state index contributed by atoms with van der Waals surface area (Å²) in [5, 5.41) is 9.45. The molecule has 3 unspecified atom stereocenters. The van der Waals surface area contributed by atoms with Crippen LogP contribution in [0.1, 0.15) is 120 Å². The van der Waals surface area contributed by atoms with Crippen molar-refractivity contribution >= 4 is 5.97 Å². The van der Waals surface area contributed by atoms with E-state index >= 15 is 0 Å². The zero-order chi connectivity index (χ0) is 26.3. The van der Waals surface area contributed by atoms with Crippen molar-refractivity contribution in [2.45, 2.75) is 121 Å².